The number of hydrogen-bond donors (Lipinski definition) is 0. The molecule has 0 aliphatic carbocycles. The van der Waals surface area contributed by atoms with E-state index in [1.807, 2.05) is 60.7 Å². The third-order valence-electron chi connectivity index (χ3n) is 4.52. The molecule has 0 bridgehead atoms. The van der Waals surface area contributed by atoms with Gasteiger partial charge in [0.1, 0.15) is 5.75 Å². The second-order valence-corrected chi connectivity index (χ2v) is 6.33. The van der Waals surface area contributed by atoms with Crippen molar-refractivity contribution in [2.45, 2.75) is 12.3 Å². The molecule has 3 aromatic carbocycles. The molecule has 4 aromatic rings. The minimum Gasteiger partial charge on any atom is -0.497 e. The maximum absolute atomic E-state index is 5.67. The molecule has 1 aromatic heterocycles. The zero-order valence-electron chi connectivity index (χ0n) is 15.1. The Hall–Kier alpha value is -3.40. The molecule has 1 heterocycles. The summed E-state index contributed by atoms with van der Waals surface area (Å²) in [6.07, 6.45) is 0.615. The summed E-state index contributed by atoms with van der Waals surface area (Å²) >= 11 is 0. The normalized spacial score (nSPS) is 10.9. The Morgan fingerprint density at radius 1 is 0.815 bits per heavy atom. The van der Waals surface area contributed by atoms with Crippen molar-refractivity contribution in [1.29, 1.82) is 0 Å². The monoisotopic (exact) mass is 356 g/mol. The van der Waals surface area contributed by atoms with E-state index in [1.165, 1.54) is 0 Å². The fraction of sp³-hybridized carbons (Fsp3) is 0.130. The number of methoxy groups -OCH3 is 1. The van der Waals surface area contributed by atoms with E-state index in [2.05, 4.69) is 29.4 Å². The standard InChI is InChI=1S/C23H20N2O2/c1-26-20-14-12-17(13-15-20)16-21-24-23(27-25-21)22(18-8-4-2-5-9-18)19-10-6-3-7-11-19/h2-15,22H,16H2,1H3. The van der Waals surface area contributed by atoms with Crippen molar-refractivity contribution >= 4 is 0 Å². The van der Waals surface area contributed by atoms with Crippen molar-refractivity contribution < 1.29 is 9.26 Å². The first-order chi connectivity index (χ1) is 13.3. The lowest BCUT2D eigenvalue weighted by Crippen LogP contribution is -2.04. The molecule has 27 heavy (non-hydrogen) atoms. The van der Waals surface area contributed by atoms with Crippen molar-refractivity contribution in [3.05, 3.63) is 113 Å². The second-order valence-electron chi connectivity index (χ2n) is 6.33. The first-order valence-electron chi connectivity index (χ1n) is 8.89. The van der Waals surface area contributed by atoms with Crippen molar-refractivity contribution in [2.75, 3.05) is 7.11 Å². The smallest absolute Gasteiger partial charge is 0.238 e. The van der Waals surface area contributed by atoms with E-state index in [1.54, 1.807) is 7.11 Å². The summed E-state index contributed by atoms with van der Waals surface area (Å²) in [4.78, 5) is 4.69. The second kappa shape index (κ2) is 7.87. The lowest BCUT2D eigenvalue weighted by Gasteiger charge is -2.13. The Labute approximate surface area is 158 Å². The van der Waals surface area contributed by atoms with E-state index >= 15 is 0 Å². The van der Waals surface area contributed by atoms with E-state index in [0.29, 0.717) is 18.1 Å². The van der Waals surface area contributed by atoms with Crippen LogP contribution in [0.3, 0.4) is 0 Å². The van der Waals surface area contributed by atoms with Crippen LogP contribution in [-0.2, 0) is 6.42 Å². The van der Waals surface area contributed by atoms with Crippen LogP contribution in [-0.4, -0.2) is 17.3 Å². The summed E-state index contributed by atoms with van der Waals surface area (Å²) in [5.74, 6) is 2.04. The van der Waals surface area contributed by atoms with Gasteiger partial charge in [-0.1, -0.05) is 78.0 Å². The zero-order chi connectivity index (χ0) is 18.5. The number of ether oxygens (including phenoxy) is 1. The van der Waals surface area contributed by atoms with Crippen LogP contribution < -0.4 is 4.74 Å². The molecule has 0 spiro atoms. The van der Waals surface area contributed by atoms with Gasteiger partial charge in [0.2, 0.25) is 5.89 Å². The van der Waals surface area contributed by atoms with Gasteiger partial charge >= 0.3 is 0 Å². The molecule has 4 rings (SSSR count). The predicted molar refractivity (Wildman–Crippen MR) is 104 cm³/mol. The molecule has 0 radical (unpaired) electrons. The number of benzene rings is 3. The highest BCUT2D eigenvalue weighted by atomic mass is 16.5. The molecule has 0 unspecified atom stereocenters. The van der Waals surface area contributed by atoms with Crippen molar-refractivity contribution in [2.24, 2.45) is 0 Å². The lowest BCUT2D eigenvalue weighted by atomic mass is 9.91. The SMILES string of the molecule is COc1ccc(Cc2noc(C(c3ccccc3)c3ccccc3)n2)cc1. The molecule has 0 N–H and O–H groups in total. The predicted octanol–water partition coefficient (Wildman–Crippen LogP) is 4.85. The molecule has 0 fully saturated rings. The van der Waals surface area contributed by atoms with Gasteiger partial charge in [0.05, 0.1) is 13.0 Å². The average molecular weight is 356 g/mol. The molecule has 134 valence electrons. The number of hydrogen-bond acceptors (Lipinski definition) is 4. The highest BCUT2D eigenvalue weighted by molar-refractivity contribution is 5.37. The number of rotatable bonds is 6. The van der Waals surface area contributed by atoms with Crippen LogP contribution >= 0.6 is 0 Å². The largest absolute Gasteiger partial charge is 0.497 e. The summed E-state index contributed by atoms with van der Waals surface area (Å²) in [5, 5.41) is 4.21. The molecular formula is C23H20N2O2. The van der Waals surface area contributed by atoms with Gasteiger partial charge in [0.15, 0.2) is 5.82 Å². The number of nitrogens with zero attached hydrogens (tertiary/aromatic N) is 2. The van der Waals surface area contributed by atoms with Crippen LogP contribution in [0.15, 0.2) is 89.5 Å². The van der Waals surface area contributed by atoms with Gasteiger partial charge in [0.25, 0.3) is 0 Å². The molecule has 0 amide bonds. The Bertz CT molecular complexity index is 940. The van der Waals surface area contributed by atoms with Crippen molar-refractivity contribution in [3.63, 3.8) is 0 Å². The van der Waals surface area contributed by atoms with Crippen LogP contribution in [0, 0.1) is 0 Å². The minimum absolute atomic E-state index is 0.0792. The Balaban J connectivity index is 1.63. The summed E-state index contributed by atoms with van der Waals surface area (Å²) in [6.45, 7) is 0. The Morgan fingerprint density at radius 3 is 1.96 bits per heavy atom. The molecule has 0 atom stereocenters. The molecule has 0 aliphatic rings. The first-order valence-corrected chi connectivity index (χ1v) is 8.89. The Kier molecular flexibility index (Phi) is 4.97. The molecule has 0 saturated heterocycles. The first kappa shape index (κ1) is 17.0. The van der Waals surface area contributed by atoms with Gasteiger partial charge in [-0.05, 0) is 28.8 Å². The summed E-state index contributed by atoms with van der Waals surface area (Å²) in [7, 11) is 1.66. The maximum atomic E-state index is 5.67. The lowest BCUT2D eigenvalue weighted by molar-refractivity contribution is 0.370. The van der Waals surface area contributed by atoms with Crippen LogP contribution in [0.5, 0.6) is 5.75 Å². The van der Waals surface area contributed by atoms with E-state index in [4.69, 9.17) is 14.2 Å². The van der Waals surface area contributed by atoms with Crippen molar-refractivity contribution in [3.8, 4) is 5.75 Å². The highest BCUT2D eigenvalue weighted by Gasteiger charge is 2.23. The third kappa shape index (κ3) is 3.90. The van der Waals surface area contributed by atoms with Gasteiger partial charge in [-0.15, -0.1) is 0 Å². The van der Waals surface area contributed by atoms with Crippen LogP contribution in [0.25, 0.3) is 0 Å². The van der Waals surface area contributed by atoms with E-state index in [9.17, 15) is 0 Å². The maximum Gasteiger partial charge on any atom is 0.238 e. The summed E-state index contributed by atoms with van der Waals surface area (Å²) < 4.78 is 10.9. The van der Waals surface area contributed by atoms with Crippen LogP contribution in [0.4, 0.5) is 0 Å². The minimum atomic E-state index is -0.0792. The van der Waals surface area contributed by atoms with Crippen LogP contribution in [0.1, 0.15) is 34.3 Å². The topological polar surface area (TPSA) is 48.2 Å². The van der Waals surface area contributed by atoms with Gasteiger partial charge in [-0.25, -0.2) is 0 Å². The van der Waals surface area contributed by atoms with E-state index < -0.39 is 0 Å². The van der Waals surface area contributed by atoms with E-state index in [-0.39, 0.29) is 5.92 Å². The van der Waals surface area contributed by atoms with Gasteiger partial charge < -0.3 is 9.26 Å². The zero-order valence-corrected chi connectivity index (χ0v) is 15.1. The molecule has 0 aliphatic heterocycles. The fourth-order valence-corrected chi connectivity index (χ4v) is 3.15. The third-order valence-corrected chi connectivity index (χ3v) is 4.52. The van der Waals surface area contributed by atoms with Gasteiger partial charge in [-0.2, -0.15) is 4.98 Å². The molecule has 0 saturated carbocycles. The highest BCUT2D eigenvalue weighted by Crippen LogP contribution is 2.30. The number of aromatic nitrogens is 2. The molecule has 4 nitrogen and oxygen atoms in total. The average Bonchev–Trinajstić information content (AvgIpc) is 3.18. The fourth-order valence-electron chi connectivity index (χ4n) is 3.15. The van der Waals surface area contributed by atoms with Crippen molar-refractivity contribution in [1.82, 2.24) is 10.1 Å². The summed E-state index contributed by atoms with van der Waals surface area (Å²) in [6, 6.07) is 28.4. The molecular weight excluding hydrogens is 336 g/mol. The Morgan fingerprint density at radius 2 is 1.41 bits per heavy atom. The van der Waals surface area contributed by atoms with Crippen LogP contribution in [0.2, 0.25) is 0 Å². The van der Waals surface area contributed by atoms with E-state index in [0.717, 1.165) is 22.4 Å². The quantitative estimate of drug-likeness (QED) is 0.495. The van der Waals surface area contributed by atoms with Gasteiger partial charge in [-0.3, -0.25) is 0 Å². The summed E-state index contributed by atoms with van der Waals surface area (Å²) in [5.41, 5.74) is 3.37. The van der Waals surface area contributed by atoms with Gasteiger partial charge in [0, 0.05) is 6.42 Å². The molecule has 4 heteroatoms.